The van der Waals surface area contributed by atoms with Crippen LogP contribution in [-0.4, -0.2) is 58.2 Å². The molecule has 7 heteroatoms. The van der Waals surface area contributed by atoms with Crippen LogP contribution in [0.15, 0.2) is 11.6 Å². The minimum Gasteiger partial charge on any atom is -0.394 e. The monoisotopic (exact) mass is 229 g/mol. The summed E-state index contributed by atoms with van der Waals surface area (Å²) < 4.78 is 5.11. The fourth-order valence-electron chi connectivity index (χ4n) is 1.79. The Balaban J connectivity index is 2.20. The minimum atomic E-state index is -1.33. The third kappa shape index (κ3) is 1.63. The van der Waals surface area contributed by atoms with Crippen LogP contribution in [0, 0.1) is 0 Å². The fourth-order valence-corrected chi connectivity index (χ4v) is 1.79. The highest BCUT2D eigenvalue weighted by atomic mass is 16.6. The SMILES string of the molecule is O=C1C=C([C@H]2O[C@@H](CO)[C@@H](O)[C@H]2O)C(=O)N1. The van der Waals surface area contributed by atoms with Gasteiger partial charge in [-0.05, 0) is 0 Å². The molecule has 4 N–H and O–H groups in total. The van der Waals surface area contributed by atoms with Crippen LogP contribution in [0.3, 0.4) is 0 Å². The molecule has 2 aliphatic rings. The molecule has 7 nitrogen and oxygen atoms in total. The summed E-state index contributed by atoms with van der Waals surface area (Å²) >= 11 is 0. The summed E-state index contributed by atoms with van der Waals surface area (Å²) in [6.45, 7) is -0.475. The Morgan fingerprint density at radius 2 is 2.00 bits per heavy atom. The summed E-state index contributed by atoms with van der Waals surface area (Å²) in [7, 11) is 0. The number of hydrogen-bond acceptors (Lipinski definition) is 6. The maximum absolute atomic E-state index is 11.3. The first-order valence-corrected chi connectivity index (χ1v) is 4.74. The van der Waals surface area contributed by atoms with Gasteiger partial charge in [0.2, 0.25) is 0 Å². The van der Waals surface area contributed by atoms with E-state index < -0.39 is 42.8 Å². The maximum Gasteiger partial charge on any atom is 0.256 e. The predicted octanol–water partition coefficient (Wildman–Crippen LogP) is -2.95. The summed E-state index contributed by atoms with van der Waals surface area (Å²) in [5.74, 6) is -1.24. The topological polar surface area (TPSA) is 116 Å². The van der Waals surface area contributed by atoms with Crippen molar-refractivity contribution in [2.75, 3.05) is 6.61 Å². The van der Waals surface area contributed by atoms with Crippen molar-refractivity contribution in [1.82, 2.24) is 5.32 Å². The summed E-state index contributed by atoms with van der Waals surface area (Å²) in [5.41, 5.74) is -0.0347. The molecular formula is C9H11NO6. The maximum atomic E-state index is 11.3. The van der Waals surface area contributed by atoms with E-state index in [-0.39, 0.29) is 5.57 Å². The van der Waals surface area contributed by atoms with Gasteiger partial charge in [0, 0.05) is 6.08 Å². The second kappa shape index (κ2) is 3.95. The molecule has 16 heavy (non-hydrogen) atoms. The average Bonchev–Trinajstić information content (AvgIpc) is 2.70. The van der Waals surface area contributed by atoms with Crippen LogP contribution in [0.5, 0.6) is 0 Å². The lowest BCUT2D eigenvalue weighted by Gasteiger charge is -2.13. The number of hydrogen-bond donors (Lipinski definition) is 4. The van der Waals surface area contributed by atoms with Crippen LogP contribution in [0.25, 0.3) is 0 Å². The van der Waals surface area contributed by atoms with E-state index in [1.807, 2.05) is 5.32 Å². The molecule has 0 saturated carbocycles. The van der Waals surface area contributed by atoms with Crippen LogP contribution in [0.2, 0.25) is 0 Å². The Bertz CT molecular complexity index is 365. The van der Waals surface area contributed by atoms with E-state index in [1.165, 1.54) is 0 Å². The molecule has 0 aliphatic carbocycles. The Hall–Kier alpha value is -1.28. The van der Waals surface area contributed by atoms with Gasteiger partial charge in [0.05, 0.1) is 12.2 Å². The molecule has 1 saturated heterocycles. The van der Waals surface area contributed by atoms with Crippen LogP contribution >= 0.6 is 0 Å². The average molecular weight is 229 g/mol. The van der Waals surface area contributed by atoms with Gasteiger partial charge in [-0.2, -0.15) is 0 Å². The van der Waals surface area contributed by atoms with E-state index in [4.69, 9.17) is 9.84 Å². The minimum absolute atomic E-state index is 0.0347. The zero-order chi connectivity index (χ0) is 11.9. The summed E-state index contributed by atoms with van der Waals surface area (Å²) in [4.78, 5) is 22.2. The van der Waals surface area contributed by atoms with Crippen molar-refractivity contribution in [3.8, 4) is 0 Å². The first-order valence-electron chi connectivity index (χ1n) is 4.74. The number of aliphatic hydroxyl groups excluding tert-OH is 3. The lowest BCUT2D eigenvalue weighted by molar-refractivity contribution is -0.124. The predicted molar refractivity (Wildman–Crippen MR) is 49.0 cm³/mol. The van der Waals surface area contributed by atoms with E-state index in [9.17, 15) is 19.8 Å². The van der Waals surface area contributed by atoms with E-state index in [2.05, 4.69) is 0 Å². The number of imide groups is 1. The second-order valence-corrected chi connectivity index (χ2v) is 3.68. The normalized spacial score (nSPS) is 38.8. The second-order valence-electron chi connectivity index (χ2n) is 3.68. The molecule has 2 amide bonds. The number of carbonyl (C=O) groups is 2. The molecule has 2 heterocycles. The molecule has 1 fully saturated rings. The van der Waals surface area contributed by atoms with Crippen molar-refractivity contribution >= 4 is 11.8 Å². The number of aliphatic hydroxyl groups is 3. The van der Waals surface area contributed by atoms with Gasteiger partial charge in [-0.25, -0.2) is 0 Å². The fraction of sp³-hybridized carbons (Fsp3) is 0.556. The molecule has 0 radical (unpaired) electrons. The molecule has 0 aromatic carbocycles. The number of ether oxygens (including phenoxy) is 1. The Morgan fingerprint density at radius 3 is 2.44 bits per heavy atom. The van der Waals surface area contributed by atoms with Gasteiger partial charge in [0.25, 0.3) is 11.8 Å². The lowest BCUT2D eigenvalue weighted by atomic mass is 10.0. The molecule has 0 bridgehead atoms. The van der Waals surface area contributed by atoms with Gasteiger partial charge in [-0.15, -0.1) is 0 Å². The molecule has 4 atom stereocenters. The first-order chi connectivity index (χ1) is 7.54. The van der Waals surface area contributed by atoms with E-state index in [1.54, 1.807) is 0 Å². The standard InChI is InChI=1S/C9H11NO6/c11-2-4-6(13)7(14)8(16-4)3-1-5(12)10-9(3)15/h1,4,6-8,11,13-14H,2H2,(H,10,12,15)/t4-,6+,7+,8+/m0/s1. The Morgan fingerprint density at radius 1 is 1.31 bits per heavy atom. The van der Waals surface area contributed by atoms with Gasteiger partial charge < -0.3 is 20.1 Å². The van der Waals surface area contributed by atoms with Crippen LogP contribution < -0.4 is 5.32 Å². The largest absolute Gasteiger partial charge is 0.394 e. The number of carbonyl (C=O) groups excluding carboxylic acids is 2. The summed E-state index contributed by atoms with van der Waals surface area (Å²) in [5, 5.41) is 29.9. The summed E-state index contributed by atoms with van der Waals surface area (Å²) in [6.07, 6.45) is -3.63. The third-order valence-electron chi connectivity index (χ3n) is 2.63. The van der Waals surface area contributed by atoms with Gasteiger partial charge in [0.1, 0.15) is 24.4 Å². The van der Waals surface area contributed by atoms with Crippen LogP contribution in [-0.2, 0) is 14.3 Å². The molecular weight excluding hydrogens is 218 g/mol. The number of nitrogens with one attached hydrogen (secondary N) is 1. The van der Waals surface area contributed by atoms with Crippen molar-refractivity contribution < 1.29 is 29.6 Å². The van der Waals surface area contributed by atoms with Gasteiger partial charge in [-0.3, -0.25) is 14.9 Å². The molecule has 2 rings (SSSR count). The third-order valence-corrected chi connectivity index (χ3v) is 2.63. The lowest BCUT2D eigenvalue weighted by Crippen LogP contribution is -2.36. The van der Waals surface area contributed by atoms with Crippen molar-refractivity contribution in [3.05, 3.63) is 11.6 Å². The number of rotatable bonds is 2. The molecule has 0 spiro atoms. The quantitative estimate of drug-likeness (QED) is 0.376. The van der Waals surface area contributed by atoms with E-state index >= 15 is 0 Å². The van der Waals surface area contributed by atoms with Crippen molar-refractivity contribution in [2.24, 2.45) is 0 Å². The Kier molecular flexibility index (Phi) is 2.76. The highest BCUT2D eigenvalue weighted by molar-refractivity contribution is 6.16. The smallest absolute Gasteiger partial charge is 0.256 e. The summed E-state index contributed by atoms with van der Waals surface area (Å²) in [6, 6.07) is 0. The van der Waals surface area contributed by atoms with E-state index in [0.29, 0.717) is 0 Å². The molecule has 0 aromatic heterocycles. The van der Waals surface area contributed by atoms with Gasteiger partial charge >= 0.3 is 0 Å². The molecule has 88 valence electrons. The zero-order valence-corrected chi connectivity index (χ0v) is 8.16. The van der Waals surface area contributed by atoms with Crippen molar-refractivity contribution in [3.63, 3.8) is 0 Å². The van der Waals surface area contributed by atoms with Gasteiger partial charge in [-0.1, -0.05) is 0 Å². The molecule has 2 aliphatic heterocycles. The van der Waals surface area contributed by atoms with E-state index in [0.717, 1.165) is 6.08 Å². The van der Waals surface area contributed by atoms with Crippen molar-refractivity contribution in [2.45, 2.75) is 24.4 Å². The van der Waals surface area contributed by atoms with Crippen molar-refractivity contribution in [1.29, 1.82) is 0 Å². The first kappa shape index (κ1) is 11.2. The van der Waals surface area contributed by atoms with Gasteiger partial charge in [0.15, 0.2) is 0 Å². The zero-order valence-electron chi connectivity index (χ0n) is 8.16. The van der Waals surface area contributed by atoms with Crippen LogP contribution in [0.4, 0.5) is 0 Å². The molecule has 0 unspecified atom stereocenters. The highest BCUT2D eigenvalue weighted by Gasteiger charge is 2.46. The van der Waals surface area contributed by atoms with Crippen LogP contribution in [0.1, 0.15) is 0 Å². The molecule has 0 aromatic rings. The highest BCUT2D eigenvalue weighted by Crippen LogP contribution is 2.27. The number of amides is 2. The Labute approximate surface area is 90.3 Å².